The summed E-state index contributed by atoms with van der Waals surface area (Å²) in [5.41, 5.74) is 2.63. The largest absolute Gasteiger partial charge is 0.497 e. The SMILES string of the molecule is COc1ccc(OC)c(NC(=O)C2=C(C)N(Cc3ccc(F)cc3F)C(=O)NC2c2ccc(C(C)(C)C)cc2Br)c1. The molecule has 0 saturated heterocycles. The highest BCUT2D eigenvalue weighted by Crippen LogP contribution is 2.38. The fraction of sp³-hybridized carbons (Fsp3) is 0.290. The lowest BCUT2D eigenvalue weighted by Crippen LogP contribution is -2.48. The van der Waals surface area contributed by atoms with Gasteiger partial charge >= 0.3 is 6.03 Å². The summed E-state index contributed by atoms with van der Waals surface area (Å²) in [4.78, 5) is 28.7. The molecule has 0 saturated carbocycles. The highest BCUT2D eigenvalue weighted by molar-refractivity contribution is 9.10. The van der Waals surface area contributed by atoms with E-state index in [2.05, 4.69) is 47.3 Å². The van der Waals surface area contributed by atoms with E-state index in [1.54, 1.807) is 25.1 Å². The summed E-state index contributed by atoms with van der Waals surface area (Å²) >= 11 is 3.64. The topological polar surface area (TPSA) is 79.9 Å². The fourth-order valence-corrected chi connectivity index (χ4v) is 5.26. The number of allylic oxidation sites excluding steroid dienone is 1. The van der Waals surface area contributed by atoms with Gasteiger partial charge in [-0.05, 0) is 47.7 Å². The Kier molecular flexibility index (Phi) is 8.72. The van der Waals surface area contributed by atoms with E-state index in [1.165, 1.54) is 25.2 Å². The Balaban J connectivity index is 1.82. The molecule has 1 aliphatic heterocycles. The fourth-order valence-electron chi connectivity index (χ4n) is 4.65. The van der Waals surface area contributed by atoms with Crippen LogP contribution < -0.4 is 20.1 Å². The van der Waals surface area contributed by atoms with Crippen molar-refractivity contribution >= 4 is 33.6 Å². The summed E-state index contributed by atoms with van der Waals surface area (Å²) < 4.78 is 39.5. The van der Waals surface area contributed by atoms with Gasteiger partial charge in [0.05, 0.1) is 38.1 Å². The molecule has 0 aliphatic carbocycles. The molecule has 1 heterocycles. The van der Waals surface area contributed by atoms with Crippen molar-refractivity contribution < 1.29 is 27.8 Å². The Hall–Kier alpha value is -3.92. The standard InChI is InChI=1S/C31H32BrF2N3O4/c1-17-27(29(38)35-25-15-21(40-5)10-12-26(25)41-6)28(22-11-8-19(13-23(22)32)31(2,3)4)36-30(39)37(17)16-18-7-9-20(33)14-24(18)34/h7-15,28H,16H2,1-6H3,(H,35,38)(H,36,39). The smallest absolute Gasteiger partial charge is 0.322 e. The molecule has 2 N–H and O–H groups in total. The Morgan fingerprint density at radius 2 is 1.78 bits per heavy atom. The van der Waals surface area contributed by atoms with E-state index >= 15 is 0 Å². The van der Waals surface area contributed by atoms with Gasteiger partial charge in [0.15, 0.2) is 0 Å². The molecular formula is C31H32BrF2N3O4. The molecule has 0 fully saturated rings. The first-order valence-corrected chi connectivity index (χ1v) is 13.7. The summed E-state index contributed by atoms with van der Waals surface area (Å²) in [5, 5.41) is 5.81. The van der Waals surface area contributed by atoms with Crippen molar-refractivity contribution in [3.05, 3.63) is 98.7 Å². The van der Waals surface area contributed by atoms with Crippen molar-refractivity contribution in [2.45, 2.75) is 45.7 Å². The molecule has 0 spiro atoms. The molecule has 3 aromatic rings. The number of anilines is 1. The molecule has 7 nitrogen and oxygen atoms in total. The molecule has 216 valence electrons. The number of rotatable bonds is 7. The van der Waals surface area contributed by atoms with E-state index in [-0.39, 0.29) is 23.1 Å². The minimum absolute atomic E-state index is 0.101. The summed E-state index contributed by atoms with van der Waals surface area (Å²) in [6.07, 6.45) is 0. The molecule has 4 rings (SSSR count). The second-order valence-electron chi connectivity index (χ2n) is 10.7. The Labute approximate surface area is 246 Å². The average Bonchev–Trinajstić information content (AvgIpc) is 2.91. The summed E-state index contributed by atoms with van der Waals surface area (Å²) in [7, 11) is 3.00. The van der Waals surface area contributed by atoms with Gasteiger partial charge in [0.2, 0.25) is 0 Å². The molecule has 3 amide bonds. The number of carbonyl (C=O) groups excluding carboxylic acids is 2. The Bertz CT molecular complexity index is 1530. The molecule has 3 aromatic carbocycles. The number of hydrogen-bond acceptors (Lipinski definition) is 4. The third kappa shape index (κ3) is 6.37. The van der Waals surface area contributed by atoms with Crippen molar-refractivity contribution in [1.82, 2.24) is 10.2 Å². The number of methoxy groups -OCH3 is 2. The number of amides is 3. The van der Waals surface area contributed by atoms with Gasteiger partial charge in [-0.25, -0.2) is 13.6 Å². The van der Waals surface area contributed by atoms with Crippen LogP contribution in [0.3, 0.4) is 0 Å². The first-order chi connectivity index (χ1) is 19.3. The highest BCUT2D eigenvalue weighted by atomic mass is 79.9. The Morgan fingerprint density at radius 1 is 1.05 bits per heavy atom. The predicted octanol–water partition coefficient (Wildman–Crippen LogP) is 7.22. The lowest BCUT2D eigenvalue weighted by atomic mass is 9.85. The van der Waals surface area contributed by atoms with Gasteiger partial charge in [-0.3, -0.25) is 9.69 Å². The van der Waals surface area contributed by atoms with Crippen LogP contribution in [-0.2, 0) is 16.8 Å². The molecule has 0 aromatic heterocycles. The zero-order chi connectivity index (χ0) is 30.1. The van der Waals surface area contributed by atoms with Crippen LogP contribution in [0.4, 0.5) is 19.3 Å². The van der Waals surface area contributed by atoms with E-state index in [0.717, 1.165) is 17.7 Å². The van der Waals surface area contributed by atoms with Gasteiger partial charge in [-0.15, -0.1) is 0 Å². The third-order valence-electron chi connectivity index (χ3n) is 7.02. The number of nitrogens with one attached hydrogen (secondary N) is 2. The van der Waals surface area contributed by atoms with E-state index in [1.807, 2.05) is 18.2 Å². The monoisotopic (exact) mass is 627 g/mol. The van der Waals surface area contributed by atoms with Crippen LogP contribution in [0.1, 0.15) is 50.4 Å². The normalized spacial score (nSPS) is 15.5. The second-order valence-corrected chi connectivity index (χ2v) is 11.6. The number of urea groups is 1. The maximum absolute atomic E-state index is 14.6. The van der Waals surface area contributed by atoms with Crippen molar-refractivity contribution in [3.63, 3.8) is 0 Å². The minimum Gasteiger partial charge on any atom is -0.497 e. The van der Waals surface area contributed by atoms with E-state index in [9.17, 15) is 18.4 Å². The van der Waals surface area contributed by atoms with Crippen LogP contribution in [0, 0.1) is 11.6 Å². The van der Waals surface area contributed by atoms with Crippen LogP contribution >= 0.6 is 15.9 Å². The zero-order valence-electron chi connectivity index (χ0n) is 23.7. The number of hydrogen-bond donors (Lipinski definition) is 2. The van der Waals surface area contributed by atoms with Crippen molar-refractivity contribution in [3.8, 4) is 11.5 Å². The number of ether oxygens (including phenoxy) is 2. The van der Waals surface area contributed by atoms with Crippen LogP contribution in [0.2, 0.25) is 0 Å². The molecule has 10 heteroatoms. The first kappa shape index (κ1) is 30.0. The maximum Gasteiger partial charge on any atom is 0.322 e. The van der Waals surface area contributed by atoms with Gasteiger partial charge < -0.3 is 20.1 Å². The zero-order valence-corrected chi connectivity index (χ0v) is 25.3. The van der Waals surface area contributed by atoms with Gasteiger partial charge in [0, 0.05) is 27.9 Å². The predicted molar refractivity (Wildman–Crippen MR) is 157 cm³/mol. The number of nitrogens with zero attached hydrogens (tertiary/aromatic N) is 1. The molecule has 41 heavy (non-hydrogen) atoms. The molecule has 0 radical (unpaired) electrons. The van der Waals surface area contributed by atoms with E-state index in [0.29, 0.717) is 32.9 Å². The lowest BCUT2D eigenvalue weighted by Gasteiger charge is -2.36. The van der Waals surface area contributed by atoms with Gasteiger partial charge in [0.25, 0.3) is 5.91 Å². The summed E-state index contributed by atoms with van der Waals surface area (Å²) in [5.74, 6) is -1.10. The quantitative estimate of drug-likeness (QED) is 0.290. The van der Waals surface area contributed by atoms with Crippen LogP contribution in [0.5, 0.6) is 11.5 Å². The lowest BCUT2D eigenvalue weighted by molar-refractivity contribution is -0.113. The molecular weight excluding hydrogens is 596 g/mol. The van der Waals surface area contributed by atoms with E-state index in [4.69, 9.17) is 9.47 Å². The van der Waals surface area contributed by atoms with Crippen LogP contribution in [0.25, 0.3) is 0 Å². The summed E-state index contributed by atoms with van der Waals surface area (Å²) in [6.45, 7) is 7.69. The maximum atomic E-state index is 14.6. The van der Waals surface area contributed by atoms with Crippen molar-refractivity contribution in [2.75, 3.05) is 19.5 Å². The van der Waals surface area contributed by atoms with Crippen LogP contribution in [0.15, 0.2) is 70.3 Å². The van der Waals surface area contributed by atoms with Crippen molar-refractivity contribution in [1.29, 1.82) is 0 Å². The second kappa shape index (κ2) is 11.9. The van der Waals surface area contributed by atoms with Gasteiger partial charge in [-0.2, -0.15) is 0 Å². The number of halogens is 3. The van der Waals surface area contributed by atoms with Gasteiger partial charge in [0.1, 0.15) is 23.1 Å². The number of carbonyl (C=O) groups is 2. The average molecular weight is 629 g/mol. The molecule has 1 atom stereocenters. The minimum atomic E-state index is -0.836. The summed E-state index contributed by atoms with van der Waals surface area (Å²) in [6, 6.07) is 12.6. The highest BCUT2D eigenvalue weighted by Gasteiger charge is 2.37. The molecule has 0 bridgehead atoms. The van der Waals surface area contributed by atoms with Gasteiger partial charge in [-0.1, -0.05) is 54.9 Å². The third-order valence-corrected chi connectivity index (χ3v) is 7.70. The van der Waals surface area contributed by atoms with Crippen LogP contribution in [-0.4, -0.2) is 31.1 Å². The Morgan fingerprint density at radius 3 is 2.39 bits per heavy atom. The van der Waals surface area contributed by atoms with Crippen molar-refractivity contribution in [2.24, 2.45) is 0 Å². The first-order valence-electron chi connectivity index (χ1n) is 12.9. The van der Waals surface area contributed by atoms with E-state index < -0.39 is 29.6 Å². The molecule has 1 unspecified atom stereocenters. The number of benzene rings is 3. The molecule has 1 aliphatic rings.